The number of fused-ring (bicyclic) bond motifs is 1. The van der Waals surface area contributed by atoms with Crippen molar-refractivity contribution >= 4 is 32.4 Å². The molecule has 0 radical (unpaired) electrons. The minimum absolute atomic E-state index is 0.738. The van der Waals surface area contributed by atoms with Gasteiger partial charge < -0.3 is 19.1 Å². The summed E-state index contributed by atoms with van der Waals surface area (Å²) in [5.74, 6) is 1.48. The number of ether oxygens (including phenoxy) is 3. The van der Waals surface area contributed by atoms with Crippen LogP contribution in [-0.4, -0.2) is 63.5 Å². The Labute approximate surface area is 201 Å². The lowest BCUT2D eigenvalue weighted by atomic mass is 10.2. The second-order valence-electron chi connectivity index (χ2n) is 8.36. The number of rotatable bonds is 11. The Balaban J connectivity index is 1.50. The molecule has 178 valence electrons. The van der Waals surface area contributed by atoms with Gasteiger partial charge in [0.15, 0.2) is 16.6 Å². The van der Waals surface area contributed by atoms with E-state index in [1.54, 1.807) is 25.6 Å². The Morgan fingerprint density at radius 3 is 2.58 bits per heavy atom. The molecule has 7 heteroatoms. The number of nitrogens with zero attached hydrogens (tertiary/aromatic N) is 3. The van der Waals surface area contributed by atoms with Crippen molar-refractivity contribution in [2.75, 3.05) is 58.5 Å². The molecule has 1 saturated heterocycles. The molecule has 0 amide bonds. The lowest BCUT2D eigenvalue weighted by Crippen LogP contribution is -2.36. The summed E-state index contributed by atoms with van der Waals surface area (Å²) in [5, 5.41) is 1.03. The van der Waals surface area contributed by atoms with Gasteiger partial charge in [-0.2, -0.15) is 0 Å². The third-order valence-electron chi connectivity index (χ3n) is 6.22. The lowest BCUT2D eigenvalue weighted by molar-refractivity contribution is 0.0371. The largest absolute Gasteiger partial charge is 0.493 e. The molecule has 0 spiro atoms. The molecule has 0 saturated carbocycles. The molecule has 2 heterocycles. The Morgan fingerprint density at radius 1 is 1.00 bits per heavy atom. The molecule has 33 heavy (non-hydrogen) atoms. The summed E-state index contributed by atoms with van der Waals surface area (Å²) in [4.78, 5) is 9.82. The number of methoxy groups -OCH3 is 2. The second-order valence-corrected chi connectivity index (χ2v) is 9.37. The summed E-state index contributed by atoms with van der Waals surface area (Å²) in [6.45, 7) is 8.11. The maximum atomic E-state index is 5.58. The van der Waals surface area contributed by atoms with Crippen LogP contribution in [0.25, 0.3) is 10.2 Å². The van der Waals surface area contributed by atoms with Gasteiger partial charge >= 0.3 is 0 Å². The third-order valence-corrected chi connectivity index (χ3v) is 7.26. The van der Waals surface area contributed by atoms with Gasteiger partial charge in [-0.25, -0.2) is 4.98 Å². The lowest BCUT2D eigenvalue weighted by Gasteiger charge is -2.26. The third kappa shape index (κ3) is 5.96. The van der Waals surface area contributed by atoms with Crippen molar-refractivity contribution in [2.24, 2.45) is 0 Å². The van der Waals surface area contributed by atoms with E-state index in [0.717, 1.165) is 80.1 Å². The molecular formula is C26H35N3O3S. The van der Waals surface area contributed by atoms with E-state index in [1.807, 2.05) is 6.07 Å². The van der Waals surface area contributed by atoms with Crippen LogP contribution >= 0.6 is 11.3 Å². The fourth-order valence-corrected chi connectivity index (χ4v) is 5.30. The normalized spacial score (nSPS) is 14.5. The Kier molecular flexibility index (Phi) is 8.42. The van der Waals surface area contributed by atoms with E-state index < -0.39 is 0 Å². The molecule has 0 N–H and O–H groups in total. The number of thiazole rings is 1. The number of aryl methyl sites for hydroxylation is 1. The average Bonchev–Trinajstić information content (AvgIpc) is 3.29. The monoisotopic (exact) mass is 469 g/mol. The van der Waals surface area contributed by atoms with E-state index in [-0.39, 0.29) is 0 Å². The predicted octanol–water partition coefficient (Wildman–Crippen LogP) is 5.52. The topological polar surface area (TPSA) is 47.1 Å². The molecule has 1 aliphatic heterocycles. The molecule has 1 aromatic heterocycles. The highest BCUT2D eigenvalue weighted by molar-refractivity contribution is 7.22. The highest BCUT2D eigenvalue weighted by Crippen LogP contribution is 2.38. The van der Waals surface area contributed by atoms with Gasteiger partial charge in [0.1, 0.15) is 0 Å². The van der Waals surface area contributed by atoms with Gasteiger partial charge in [0.2, 0.25) is 0 Å². The molecule has 0 unspecified atom stereocenters. The summed E-state index contributed by atoms with van der Waals surface area (Å²) < 4.78 is 17.7. The smallest absolute Gasteiger partial charge is 0.190 e. The van der Waals surface area contributed by atoms with Crippen molar-refractivity contribution in [1.82, 2.24) is 9.88 Å². The quantitative estimate of drug-likeness (QED) is 0.345. The molecule has 0 aliphatic carbocycles. The second kappa shape index (κ2) is 11.7. The Morgan fingerprint density at radius 2 is 1.82 bits per heavy atom. The van der Waals surface area contributed by atoms with E-state index in [0.29, 0.717) is 0 Å². The van der Waals surface area contributed by atoms with Crippen molar-refractivity contribution in [1.29, 1.82) is 0 Å². The standard InChI is InChI=1S/C26H35N3O3S/c1-4-20-8-10-22-25(18-20)33-26(27-22)29(21-9-11-23(30-2)24(19-21)31-3)13-7-5-6-12-28-14-16-32-17-15-28/h8-11,18-19H,4-7,12-17H2,1-3H3. The minimum Gasteiger partial charge on any atom is -0.493 e. The van der Waals surface area contributed by atoms with Crippen LogP contribution < -0.4 is 14.4 Å². The summed E-state index contributed by atoms with van der Waals surface area (Å²) >= 11 is 1.76. The number of hydrogen-bond donors (Lipinski definition) is 0. The first-order valence-corrected chi connectivity index (χ1v) is 12.7. The fourth-order valence-electron chi connectivity index (χ4n) is 4.23. The Hall–Kier alpha value is -2.35. The number of unbranched alkanes of at least 4 members (excludes halogenated alkanes) is 2. The van der Waals surface area contributed by atoms with Gasteiger partial charge in [0.05, 0.1) is 37.6 Å². The van der Waals surface area contributed by atoms with Crippen molar-refractivity contribution < 1.29 is 14.2 Å². The van der Waals surface area contributed by atoms with Crippen LogP contribution in [0.2, 0.25) is 0 Å². The summed E-state index contributed by atoms with van der Waals surface area (Å²) in [6.07, 6.45) is 4.53. The van der Waals surface area contributed by atoms with Crippen molar-refractivity contribution in [3.05, 3.63) is 42.0 Å². The highest BCUT2D eigenvalue weighted by Gasteiger charge is 2.17. The van der Waals surface area contributed by atoms with Gasteiger partial charge in [0.25, 0.3) is 0 Å². The SMILES string of the molecule is CCc1ccc2nc(N(CCCCCN3CCOCC3)c3ccc(OC)c(OC)c3)sc2c1. The van der Waals surface area contributed by atoms with Crippen LogP contribution in [-0.2, 0) is 11.2 Å². The molecule has 0 atom stereocenters. The average molecular weight is 470 g/mol. The van der Waals surface area contributed by atoms with E-state index in [9.17, 15) is 0 Å². The number of morpholine rings is 1. The summed E-state index contributed by atoms with van der Waals surface area (Å²) in [5.41, 5.74) is 3.49. The van der Waals surface area contributed by atoms with E-state index in [4.69, 9.17) is 19.2 Å². The summed E-state index contributed by atoms with van der Waals surface area (Å²) in [6, 6.07) is 12.7. The molecule has 1 aliphatic rings. The fraction of sp³-hybridized carbons (Fsp3) is 0.500. The first-order valence-electron chi connectivity index (χ1n) is 11.9. The zero-order chi connectivity index (χ0) is 23.0. The zero-order valence-electron chi connectivity index (χ0n) is 20.0. The minimum atomic E-state index is 0.738. The Bertz CT molecular complexity index is 1030. The summed E-state index contributed by atoms with van der Waals surface area (Å²) in [7, 11) is 3.35. The molecule has 4 rings (SSSR count). The molecular weight excluding hydrogens is 434 g/mol. The number of benzene rings is 2. The maximum Gasteiger partial charge on any atom is 0.190 e. The van der Waals surface area contributed by atoms with Crippen LogP contribution in [0.5, 0.6) is 11.5 Å². The van der Waals surface area contributed by atoms with Gasteiger partial charge in [-0.05, 0) is 55.6 Å². The maximum absolute atomic E-state index is 5.58. The van der Waals surface area contributed by atoms with Crippen molar-refractivity contribution in [3.63, 3.8) is 0 Å². The van der Waals surface area contributed by atoms with Crippen LogP contribution in [0.4, 0.5) is 10.8 Å². The highest BCUT2D eigenvalue weighted by atomic mass is 32.1. The number of anilines is 2. The van der Waals surface area contributed by atoms with Gasteiger partial charge in [-0.15, -0.1) is 0 Å². The van der Waals surface area contributed by atoms with E-state index in [1.165, 1.54) is 23.1 Å². The van der Waals surface area contributed by atoms with Gasteiger partial charge in [-0.3, -0.25) is 4.90 Å². The first-order chi connectivity index (χ1) is 16.2. The van der Waals surface area contributed by atoms with Crippen molar-refractivity contribution in [3.8, 4) is 11.5 Å². The van der Waals surface area contributed by atoms with Gasteiger partial charge in [-0.1, -0.05) is 30.7 Å². The van der Waals surface area contributed by atoms with Crippen molar-refractivity contribution in [2.45, 2.75) is 32.6 Å². The van der Waals surface area contributed by atoms with Crippen LogP contribution in [0, 0.1) is 0 Å². The molecule has 6 nitrogen and oxygen atoms in total. The van der Waals surface area contributed by atoms with E-state index >= 15 is 0 Å². The molecule has 0 bridgehead atoms. The zero-order valence-corrected chi connectivity index (χ0v) is 20.8. The number of aromatic nitrogens is 1. The first kappa shape index (κ1) is 23.8. The van der Waals surface area contributed by atoms with Gasteiger partial charge in [0, 0.05) is 31.4 Å². The van der Waals surface area contributed by atoms with Crippen LogP contribution in [0.1, 0.15) is 31.7 Å². The predicted molar refractivity (Wildman–Crippen MR) is 137 cm³/mol. The van der Waals surface area contributed by atoms with Crippen LogP contribution in [0.15, 0.2) is 36.4 Å². The number of hydrogen-bond acceptors (Lipinski definition) is 7. The molecule has 1 fully saturated rings. The molecule has 2 aromatic carbocycles. The van der Waals surface area contributed by atoms with E-state index in [2.05, 4.69) is 47.1 Å². The molecule has 3 aromatic rings. The van der Waals surface area contributed by atoms with Crippen LogP contribution in [0.3, 0.4) is 0 Å².